The number of H-pyrrole nitrogens is 1. The summed E-state index contributed by atoms with van der Waals surface area (Å²) in [7, 11) is 0. The zero-order valence-corrected chi connectivity index (χ0v) is 7.96. The molecule has 1 N–H and O–H groups in total. The molecule has 1 nitrogen and oxygen atoms in total. The first-order valence-electron chi connectivity index (χ1n) is 4.49. The first kappa shape index (κ1) is 8.11. The molecule has 0 saturated carbocycles. The van der Waals surface area contributed by atoms with Crippen LogP contribution in [0.1, 0.15) is 11.1 Å². The molecule has 0 spiro atoms. The Labute approximate surface area is 78.4 Å². The van der Waals surface area contributed by atoms with E-state index in [4.69, 9.17) is 0 Å². The lowest BCUT2D eigenvalue weighted by atomic mass is 10.1. The Morgan fingerprint density at radius 2 is 1.69 bits per heavy atom. The number of nitrogens with one attached hydrogen (secondary N) is 1. The zero-order valence-electron chi connectivity index (χ0n) is 7.96. The Hall–Kier alpha value is -1.50. The second kappa shape index (κ2) is 3.09. The highest BCUT2D eigenvalue weighted by Crippen LogP contribution is 2.23. The van der Waals surface area contributed by atoms with Crippen LogP contribution in [0, 0.1) is 13.8 Å². The van der Waals surface area contributed by atoms with Gasteiger partial charge < -0.3 is 4.98 Å². The van der Waals surface area contributed by atoms with Crippen LogP contribution in [-0.2, 0) is 0 Å². The van der Waals surface area contributed by atoms with Gasteiger partial charge in [-0.25, -0.2) is 0 Å². The molecule has 66 valence electrons. The summed E-state index contributed by atoms with van der Waals surface area (Å²) in [6, 6.07) is 10.4. The van der Waals surface area contributed by atoms with Crippen LogP contribution in [0.25, 0.3) is 11.3 Å². The molecule has 1 heterocycles. The smallest absolute Gasteiger partial charge is 0.0486 e. The summed E-state index contributed by atoms with van der Waals surface area (Å²) in [5, 5.41) is 0. The van der Waals surface area contributed by atoms with E-state index in [9.17, 15) is 0 Å². The van der Waals surface area contributed by atoms with Crippen LogP contribution in [-0.4, -0.2) is 4.98 Å². The van der Waals surface area contributed by atoms with Gasteiger partial charge in [0.2, 0.25) is 0 Å². The van der Waals surface area contributed by atoms with Gasteiger partial charge in [0.25, 0.3) is 0 Å². The monoisotopic (exact) mass is 171 g/mol. The lowest BCUT2D eigenvalue weighted by Crippen LogP contribution is -1.79. The predicted molar refractivity (Wildman–Crippen MR) is 55.7 cm³/mol. The maximum Gasteiger partial charge on any atom is 0.0486 e. The molecular formula is C12H13N. The number of aromatic nitrogens is 1. The quantitative estimate of drug-likeness (QED) is 0.677. The lowest BCUT2D eigenvalue weighted by Gasteiger charge is -1.99. The van der Waals surface area contributed by atoms with Gasteiger partial charge in [0.15, 0.2) is 0 Å². The van der Waals surface area contributed by atoms with Gasteiger partial charge in [-0.3, -0.25) is 0 Å². The van der Waals surface area contributed by atoms with E-state index in [-0.39, 0.29) is 0 Å². The van der Waals surface area contributed by atoms with E-state index in [1.54, 1.807) is 0 Å². The van der Waals surface area contributed by atoms with E-state index in [0.717, 1.165) is 0 Å². The van der Waals surface area contributed by atoms with Gasteiger partial charge in [-0.1, -0.05) is 30.3 Å². The first-order chi connectivity index (χ1) is 6.29. The van der Waals surface area contributed by atoms with Gasteiger partial charge in [-0.05, 0) is 30.5 Å². The summed E-state index contributed by atoms with van der Waals surface area (Å²) < 4.78 is 0. The van der Waals surface area contributed by atoms with Gasteiger partial charge in [-0.15, -0.1) is 0 Å². The minimum atomic E-state index is 1.23. The minimum Gasteiger partial charge on any atom is -0.361 e. The molecule has 1 aromatic carbocycles. The Kier molecular flexibility index (Phi) is 1.93. The number of aromatic amines is 1. The number of benzene rings is 1. The molecule has 0 fully saturated rings. The molecule has 0 radical (unpaired) electrons. The number of hydrogen-bond acceptors (Lipinski definition) is 0. The van der Waals surface area contributed by atoms with Crippen molar-refractivity contribution in [3.05, 3.63) is 47.7 Å². The van der Waals surface area contributed by atoms with Gasteiger partial charge in [0.1, 0.15) is 0 Å². The largest absolute Gasteiger partial charge is 0.361 e. The molecule has 0 aliphatic heterocycles. The van der Waals surface area contributed by atoms with Crippen molar-refractivity contribution < 1.29 is 0 Å². The van der Waals surface area contributed by atoms with Crippen molar-refractivity contribution in [3.63, 3.8) is 0 Å². The average molecular weight is 171 g/mol. The van der Waals surface area contributed by atoms with E-state index >= 15 is 0 Å². The summed E-state index contributed by atoms with van der Waals surface area (Å²) in [4.78, 5) is 3.29. The molecule has 0 amide bonds. The molecule has 13 heavy (non-hydrogen) atoms. The van der Waals surface area contributed by atoms with Crippen molar-refractivity contribution >= 4 is 0 Å². The van der Waals surface area contributed by atoms with Crippen molar-refractivity contribution in [3.8, 4) is 11.3 Å². The third-order valence-electron chi connectivity index (χ3n) is 2.46. The van der Waals surface area contributed by atoms with Crippen molar-refractivity contribution in [2.75, 3.05) is 0 Å². The van der Waals surface area contributed by atoms with Crippen molar-refractivity contribution in [2.24, 2.45) is 0 Å². The third-order valence-corrected chi connectivity index (χ3v) is 2.46. The summed E-state index contributed by atoms with van der Waals surface area (Å²) >= 11 is 0. The van der Waals surface area contributed by atoms with E-state index in [2.05, 4.69) is 49.3 Å². The van der Waals surface area contributed by atoms with Crippen LogP contribution < -0.4 is 0 Å². The first-order valence-corrected chi connectivity index (χ1v) is 4.49. The molecular weight excluding hydrogens is 158 g/mol. The van der Waals surface area contributed by atoms with Crippen molar-refractivity contribution in [1.82, 2.24) is 4.98 Å². The molecule has 0 aliphatic rings. The summed E-state index contributed by atoms with van der Waals surface area (Å²) in [5.41, 5.74) is 5.15. The molecule has 0 atom stereocenters. The maximum absolute atomic E-state index is 3.29. The second-order valence-corrected chi connectivity index (χ2v) is 3.34. The van der Waals surface area contributed by atoms with E-state index < -0.39 is 0 Å². The second-order valence-electron chi connectivity index (χ2n) is 3.34. The highest BCUT2D eigenvalue weighted by atomic mass is 14.7. The minimum absolute atomic E-state index is 1.23. The fraction of sp³-hybridized carbons (Fsp3) is 0.167. The summed E-state index contributed by atoms with van der Waals surface area (Å²) in [5.74, 6) is 0. The standard InChI is InChI=1S/C12H13N/c1-9-8-13-12(10(9)2)11-6-4-3-5-7-11/h3-8,13H,1-2H3. The number of aryl methyl sites for hydroxylation is 1. The van der Waals surface area contributed by atoms with E-state index in [1.165, 1.54) is 22.4 Å². The fourth-order valence-electron chi connectivity index (χ4n) is 1.50. The van der Waals surface area contributed by atoms with Crippen LogP contribution >= 0.6 is 0 Å². The summed E-state index contributed by atoms with van der Waals surface area (Å²) in [6.45, 7) is 4.27. The molecule has 1 heteroatoms. The normalized spacial score (nSPS) is 10.3. The Morgan fingerprint density at radius 3 is 2.23 bits per heavy atom. The maximum atomic E-state index is 3.29. The Bertz CT molecular complexity index is 398. The zero-order chi connectivity index (χ0) is 9.26. The lowest BCUT2D eigenvalue weighted by molar-refractivity contribution is 1.38. The Morgan fingerprint density at radius 1 is 1.00 bits per heavy atom. The van der Waals surface area contributed by atoms with Crippen LogP contribution in [0.15, 0.2) is 36.5 Å². The fourth-order valence-corrected chi connectivity index (χ4v) is 1.50. The molecule has 0 aliphatic carbocycles. The summed E-state index contributed by atoms with van der Waals surface area (Å²) in [6.07, 6.45) is 2.05. The van der Waals surface area contributed by atoms with Crippen molar-refractivity contribution in [1.29, 1.82) is 0 Å². The molecule has 0 unspecified atom stereocenters. The van der Waals surface area contributed by atoms with Gasteiger partial charge in [0, 0.05) is 11.9 Å². The van der Waals surface area contributed by atoms with E-state index in [0.29, 0.717) is 0 Å². The van der Waals surface area contributed by atoms with Crippen LogP contribution in [0.4, 0.5) is 0 Å². The average Bonchev–Trinajstić information content (AvgIpc) is 2.49. The topological polar surface area (TPSA) is 15.8 Å². The predicted octanol–water partition coefficient (Wildman–Crippen LogP) is 3.30. The third kappa shape index (κ3) is 1.37. The molecule has 1 aromatic heterocycles. The van der Waals surface area contributed by atoms with Crippen molar-refractivity contribution in [2.45, 2.75) is 13.8 Å². The highest BCUT2D eigenvalue weighted by Gasteiger charge is 2.04. The SMILES string of the molecule is Cc1c[nH]c(-c2ccccc2)c1C. The number of hydrogen-bond donors (Lipinski definition) is 1. The highest BCUT2D eigenvalue weighted by molar-refractivity contribution is 5.64. The van der Waals surface area contributed by atoms with Gasteiger partial charge >= 0.3 is 0 Å². The van der Waals surface area contributed by atoms with Gasteiger partial charge in [0.05, 0.1) is 0 Å². The molecule has 0 bridgehead atoms. The molecule has 2 aromatic rings. The molecule has 2 rings (SSSR count). The molecule has 0 saturated heterocycles. The van der Waals surface area contributed by atoms with Crippen LogP contribution in [0.2, 0.25) is 0 Å². The van der Waals surface area contributed by atoms with Crippen LogP contribution in [0.5, 0.6) is 0 Å². The van der Waals surface area contributed by atoms with E-state index in [1.807, 2.05) is 6.07 Å². The number of rotatable bonds is 1. The van der Waals surface area contributed by atoms with Crippen LogP contribution in [0.3, 0.4) is 0 Å². The Balaban J connectivity index is 2.53. The van der Waals surface area contributed by atoms with Gasteiger partial charge in [-0.2, -0.15) is 0 Å².